The van der Waals surface area contributed by atoms with Crippen molar-refractivity contribution in [3.05, 3.63) is 36.0 Å². The molecule has 1 heterocycles. The van der Waals surface area contributed by atoms with E-state index in [1.54, 1.807) is 0 Å². The number of nitrogens with two attached hydrogens (primary N) is 1. The van der Waals surface area contributed by atoms with Gasteiger partial charge in [-0.3, -0.25) is 0 Å². The molecular weight excluding hydrogens is 204 g/mol. The molecule has 1 aliphatic rings. The second kappa shape index (κ2) is 4.26. The van der Waals surface area contributed by atoms with Gasteiger partial charge in [0.05, 0.1) is 0 Å². The van der Waals surface area contributed by atoms with Gasteiger partial charge >= 0.3 is 5.97 Å². The zero-order valence-corrected chi connectivity index (χ0v) is 9.07. The summed E-state index contributed by atoms with van der Waals surface area (Å²) in [5.41, 5.74) is 8.09. The summed E-state index contributed by atoms with van der Waals surface area (Å²) >= 11 is 0. The van der Waals surface area contributed by atoms with Gasteiger partial charge in [0, 0.05) is 29.6 Å². The number of hydrogen-bond acceptors (Lipinski definition) is 4. The molecule has 0 bridgehead atoms. The largest absolute Gasteiger partial charge is 0.459 e. The lowest BCUT2D eigenvalue weighted by Gasteiger charge is -2.20. The Morgan fingerprint density at radius 3 is 2.69 bits per heavy atom. The lowest BCUT2D eigenvalue weighted by atomic mass is 10.1. The molecule has 0 saturated heterocycles. The Bertz CT molecular complexity index is 423. The molecule has 0 radical (unpaired) electrons. The molecule has 1 unspecified atom stereocenters. The zero-order chi connectivity index (χ0) is 11.5. The zero-order valence-electron chi connectivity index (χ0n) is 9.07. The van der Waals surface area contributed by atoms with E-state index in [0.29, 0.717) is 6.42 Å². The molecule has 1 aromatic carbocycles. The van der Waals surface area contributed by atoms with Gasteiger partial charge in [-0.25, -0.2) is 4.79 Å². The van der Waals surface area contributed by atoms with Crippen LogP contribution in [0.2, 0.25) is 0 Å². The van der Waals surface area contributed by atoms with Crippen molar-refractivity contribution in [1.29, 1.82) is 0 Å². The minimum absolute atomic E-state index is 0.0752. The fourth-order valence-electron chi connectivity index (χ4n) is 1.62. The first kappa shape index (κ1) is 10.5. The summed E-state index contributed by atoms with van der Waals surface area (Å²) < 4.78 is 5.00. The molecule has 1 aromatic rings. The van der Waals surface area contributed by atoms with Gasteiger partial charge in [0.1, 0.15) is 6.10 Å². The van der Waals surface area contributed by atoms with Crippen LogP contribution in [0.15, 0.2) is 36.0 Å². The summed E-state index contributed by atoms with van der Waals surface area (Å²) in [6, 6.07) is 7.38. The van der Waals surface area contributed by atoms with Crippen molar-refractivity contribution in [2.24, 2.45) is 0 Å². The van der Waals surface area contributed by atoms with Crippen LogP contribution < -0.4 is 11.1 Å². The van der Waals surface area contributed by atoms with Gasteiger partial charge in [0.15, 0.2) is 0 Å². The number of ether oxygens (including phenoxy) is 1. The van der Waals surface area contributed by atoms with Gasteiger partial charge in [0.25, 0.3) is 0 Å². The molecule has 1 aliphatic heterocycles. The third kappa shape index (κ3) is 2.53. The minimum Gasteiger partial charge on any atom is -0.459 e. The first-order valence-corrected chi connectivity index (χ1v) is 5.17. The van der Waals surface area contributed by atoms with Crippen LogP contribution >= 0.6 is 0 Å². The smallest absolute Gasteiger partial charge is 0.332 e. The summed E-state index contributed by atoms with van der Waals surface area (Å²) in [6.45, 7) is 1.87. The first-order valence-electron chi connectivity index (χ1n) is 5.17. The summed E-state index contributed by atoms with van der Waals surface area (Å²) in [6.07, 6.45) is 2.11. The topological polar surface area (TPSA) is 64.3 Å². The van der Waals surface area contributed by atoms with Crippen molar-refractivity contribution in [2.75, 3.05) is 11.1 Å². The van der Waals surface area contributed by atoms with E-state index in [4.69, 9.17) is 10.5 Å². The Hall–Kier alpha value is -1.97. The molecule has 4 heteroatoms. The van der Waals surface area contributed by atoms with Crippen LogP contribution in [-0.4, -0.2) is 12.1 Å². The van der Waals surface area contributed by atoms with E-state index in [2.05, 4.69) is 5.32 Å². The maximum absolute atomic E-state index is 11.2. The second-order valence-electron chi connectivity index (χ2n) is 3.87. The van der Waals surface area contributed by atoms with Crippen molar-refractivity contribution in [2.45, 2.75) is 19.4 Å². The fraction of sp³-hybridized carbons (Fsp3) is 0.250. The van der Waals surface area contributed by atoms with Crippen molar-refractivity contribution >= 4 is 17.3 Å². The Kier molecular flexibility index (Phi) is 2.81. The van der Waals surface area contributed by atoms with Crippen LogP contribution in [0.1, 0.15) is 13.3 Å². The Morgan fingerprint density at radius 2 is 2.06 bits per heavy atom. The van der Waals surface area contributed by atoms with E-state index in [1.807, 2.05) is 31.2 Å². The second-order valence-corrected chi connectivity index (χ2v) is 3.87. The predicted molar refractivity (Wildman–Crippen MR) is 62.7 cm³/mol. The number of carbonyl (C=O) groups is 1. The van der Waals surface area contributed by atoms with E-state index in [0.717, 1.165) is 17.1 Å². The quantitative estimate of drug-likeness (QED) is 0.587. The van der Waals surface area contributed by atoms with E-state index in [1.165, 1.54) is 6.08 Å². The van der Waals surface area contributed by atoms with Gasteiger partial charge in [-0.15, -0.1) is 0 Å². The van der Waals surface area contributed by atoms with Gasteiger partial charge < -0.3 is 15.8 Å². The van der Waals surface area contributed by atoms with E-state index in [9.17, 15) is 4.79 Å². The molecule has 0 spiro atoms. The normalized spacial score (nSPS) is 19.9. The maximum Gasteiger partial charge on any atom is 0.332 e. The highest BCUT2D eigenvalue weighted by Gasteiger charge is 2.17. The molecule has 84 valence electrons. The van der Waals surface area contributed by atoms with Crippen LogP contribution in [0.4, 0.5) is 11.4 Å². The number of esters is 1. The highest BCUT2D eigenvalue weighted by Crippen LogP contribution is 2.19. The molecule has 0 aromatic heterocycles. The van der Waals surface area contributed by atoms with Crippen LogP contribution in [0.5, 0.6) is 0 Å². The average Bonchev–Trinajstić information content (AvgIpc) is 2.20. The molecule has 1 atom stereocenters. The number of anilines is 2. The number of hydrogen-bond donors (Lipinski definition) is 2. The molecule has 4 nitrogen and oxygen atoms in total. The monoisotopic (exact) mass is 218 g/mol. The lowest BCUT2D eigenvalue weighted by Crippen LogP contribution is -2.22. The Morgan fingerprint density at radius 1 is 1.38 bits per heavy atom. The number of nitrogen functional groups attached to an aromatic ring is 1. The molecule has 0 aliphatic carbocycles. The molecule has 16 heavy (non-hydrogen) atoms. The van der Waals surface area contributed by atoms with Crippen LogP contribution in [0, 0.1) is 0 Å². The van der Waals surface area contributed by atoms with Crippen molar-refractivity contribution < 1.29 is 9.53 Å². The SMILES string of the molecule is CC1CC(Nc2ccc(N)cc2)=CC(=O)O1. The predicted octanol–water partition coefficient (Wildman–Crippen LogP) is 1.90. The minimum atomic E-state index is -0.295. The third-order valence-electron chi connectivity index (χ3n) is 2.33. The third-order valence-corrected chi connectivity index (χ3v) is 2.33. The van der Waals surface area contributed by atoms with Crippen LogP contribution in [0.3, 0.4) is 0 Å². The number of cyclic esters (lactones) is 1. The molecule has 0 saturated carbocycles. The Balaban J connectivity index is 2.09. The standard InChI is InChI=1S/C12H14N2O2/c1-8-6-11(7-12(15)16-8)14-10-4-2-9(13)3-5-10/h2-5,7-8,14H,6,13H2,1H3. The van der Waals surface area contributed by atoms with Crippen molar-refractivity contribution in [1.82, 2.24) is 0 Å². The summed E-state index contributed by atoms with van der Waals surface area (Å²) in [7, 11) is 0. The lowest BCUT2D eigenvalue weighted by molar-refractivity contribution is -0.143. The number of rotatable bonds is 2. The highest BCUT2D eigenvalue weighted by atomic mass is 16.5. The summed E-state index contributed by atoms with van der Waals surface area (Å²) in [5, 5.41) is 3.17. The summed E-state index contributed by atoms with van der Waals surface area (Å²) in [5.74, 6) is -0.295. The van der Waals surface area contributed by atoms with Gasteiger partial charge in [-0.2, -0.15) is 0 Å². The Labute approximate surface area is 94.1 Å². The number of benzene rings is 1. The van der Waals surface area contributed by atoms with Gasteiger partial charge in [-0.05, 0) is 31.2 Å². The highest BCUT2D eigenvalue weighted by molar-refractivity contribution is 5.84. The first-order chi connectivity index (χ1) is 7.63. The molecular formula is C12H14N2O2. The molecule has 3 N–H and O–H groups in total. The number of nitrogens with one attached hydrogen (secondary N) is 1. The summed E-state index contributed by atoms with van der Waals surface area (Å²) in [4.78, 5) is 11.2. The maximum atomic E-state index is 11.2. The van der Waals surface area contributed by atoms with Gasteiger partial charge in [-0.1, -0.05) is 0 Å². The van der Waals surface area contributed by atoms with E-state index < -0.39 is 0 Å². The van der Waals surface area contributed by atoms with E-state index in [-0.39, 0.29) is 12.1 Å². The van der Waals surface area contributed by atoms with Crippen LogP contribution in [-0.2, 0) is 9.53 Å². The van der Waals surface area contributed by atoms with E-state index >= 15 is 0 Å². The average molecular weight is 218 g/mol. The number of carbonyl (C=O) groups excluding carboxylic acids is 1. The van der Waals surface area contributed by atoms with Crippen LogP contribution in [0.25, 0.3) is 0 Å². The van der Waals surface area contributed by atoms with Crippen molar-refractivity contribution in [3.63, 3.8) is 0 Å². The molecule has 0 amide bonds. The molecule has 0 fully saturated rings. The fourth-order valence-corrected chi connectivity index (χ4v) is 1.62. The van der Waals surface area contributed by atoms with Gasteiger partial charge in [0.2, 0.25) is 0 Å². The van der Waals surface area contributed by atoms with Crippen molar-refractivity contribution in [3.8, 4) is 0 Å². The molecule has 2 rings (SSSR count).